The van der Waals surface area contributed by atoms with Crippen LogP contribution in [0.25, 0.3) is 0 Å². The number of benzene rings is 2. The van der Waals surface area contributed by atoms with Gasteiger partial charge in [0.25, 0.3) is 0 Å². The van der Waals surface area contributed by atoms with Crippen molar-refractivity contribution in [3.8, 4) is 0 Å². The SMILES string of the molecule is Clc1cccc(C2NN=C3CCN(Cc4ccccc4)CC32)c1Cl. The van der Waals surface area contributed by atoms with Gasteiger partial charge in [-0.25, -0.2) is 0 Å². The molecule has 0 aromatic heterocycles. The van der Waals surface area contributed by atoms with E-state index in [0.717, 1.165) is 31.6 Å². The third-order valence-electron chi connectivity index (χ3n) is 4.88. The van der Waals surface area contributed by atoms with Gasteiger partial charge in [0.05, 0.1) is 16.1 Å². The van der Waals surface area contributed by atoms with Crippen LogP contribution in [0.5, 0.6) is 0 Å². The van der Waals surface area contributed by atoms with Crippen LogP contribution in [0.2, 0.25) is 10.0 Å². The van der Waals surface area contributed by atoms with E-state index in [0.29, 0.717) is 16.0 Å². The number of nitrogens with one attached hydrogen (secondary N) is 1. The average Bonchev–Trinajstić information content (AvgIpc) is 3.01. The molecule has 5 heteroatoms. The summed E-state index contributed by atoms with van der Waals surface area (Å²) in [6, 6.07) is 16.5. The largest absolute Gasteiger partial charge is 0.302 e. The van der Waals surface area contributed by atoms with Crippen LogP contribution in [0.1, 0.15) is 23.6 Å². The monoisotopic (exact) mass is 359 g/mol. The fourth-order valence-electron chi connectivity index (χ4n) is 3.64. The Hall–Kier alpha value is -1.55. The van der Waals surface area contributed by atoms with E-state index in [1.54, 1.807) is 0 Å². The van der Waals surface area contributed by atoms with Gasteiger partial charge >= 0.3 is 0 Å². The minimum Gasteiger partial charge on any atom is -0.302 e. The Morgan fingerprint density at radius 1 is 1.08 bits per heavy atom. The molecular weight excluding hydrogens is 341 g/mol. The fourth-order valence-corrected chi connectivity index (χ4v) is 4.07. The Morgan fingerprint density at radius 2 is 1.92 bits per heavy atom. The molecule has 24 heavy (non-hydrogen) atoms. The Labute approximate surface area is 152 Å². The van der Waals surface area contributed by atoms with Gasteiger partial charge in [0.15, 0.2) is 0 Å². The molecule has 2 unspecified atom stereocenters. The van der Waals surface area contributed by atoms with Gasteiger partial charge in [0, 0.05) is 37.7 Å². The highest BCUT2D eigenvalue weighted by atomic mass is 35.5. The number of piperidine rings is 1. The predicted molar refractivity (Wildman–Crippen MR) is 99.6 cm³/mol. The summed E-state index contributed by atoms with van der Waals surface area (Å²) in [7, 11) is 0. The van der Waals surface area contributed by atoms with Crippen molar-refractivity contribution in [1.29, 1.82) is 0 Å². The Balaban J connectivity index is 1.53. The van der Waals surface area contributed by atoms with Gasteiger partial charge in [0.2, 0.25) is 0 Å². The summed E-state index contributed by atoms with van der Waals surface area (Å²) < 4.78 is 0. The first-order valence-electron chi connectivity index (χ1n) is 8.24. The Bertz CT molecular complexity index is 760. The van der Waals surface area contributed by atoms with E-state index >= 15 is 0 Å². The van der Waals surface area contributed by atoms with E-state index in [1.165, 1.54) is 11.3 Å². The number of nitrogens with zero attached hydrogens (tertiary/aromatic N) is 2. The van der Waals surface area contributed by atoms with Gasteiger partial charge in [-0.3, -0.25) is 4.90 Å². The first-order valence-corrected chi connectivity index (χ1v) is 9.00. The molecule has 0 radical (unpaired) electrons. The van der Waals surface area contributed by atoms with Crippen molar-refractivity contribution in [2.75, 3.05) is 13.1 Å². The molecule has 2 aromatic carbocycles. The lowest BCUT2D eigenvalue weighted by atomic mass is 9.86. The van der Waals surface area contributed by atoms with Crippen molar-refractivity contribution in [3.63, 3.8) is 0 Å². The van der Waals surface area contributed by atoms with Crippen LogP contribution in [0.15, 0.2) is 53.6 Å². The highest BCUT2D eigenvalue weighted by Crippen LogP contribution is 2.38. The number of hydrazone groups is 1. The molecule has 2 aromatic rings. The van der Waals surface area contributed by atoms with Crippen molar-refractivity contribution in [2.24, 2.45) is 11.0 Å². The topological polar surface area (TPSA) is 27.6 Å². The first kappa shape index (κ1) is 15.9. The second-order valence-corrected chi connectivity index (χ2v) is 7.22. The van der Waals surface area contributed by atoms with E-state index in [-0.39, 0.29) is 6.04 Å². The Morgan fingerprint density at radius 3 is 2.75 bits per heavy atom. The summed E-state index contributed by atoms with van der Waals surface area (Å²) >= 11 is 12.6. The number of halogens is 2. The van der Waals surface area contributed by atoms with E-state index in [2.05, 4.69) is 45.8 Å². The molecule has 1 saturated heterocycles. The van der Waals surface area contributed by atoms with Gasteiger partial charge in [-0.15, -0.1) is 0 Å². The highest BCUT2D eigenvalue weighted by Gasteiger charge is 2.37. The summed E-state index contributed by atoms with van der Waals surface area (Å²) in [6.45, 7) is 3.00. The quantitative estimate of drug-likeness (QED) is 0.872. The van der Waals surface area contributed by atoms with Crippen LogP contribution in [0.3, 0.4) is 0 Å². The minimum atomic E-state index is 0.102. The zero-order chi connectivity index (χ0) is 16.5. The van der Waals surface area contributed by atoms with Gasteiger partial charge in [-0.2, -0.15) is 5.10 Å². The highest BCUT2D eigenvalue weighted by molar-refractivity contribution is 6.42. The smallest absolute Gasteiger partial charge is 0.0797 e. The molecule has 0 aliphatic carbocycles. The summed E-state index contributed by atoms with van der Waals surface area (Å²) in [5, 5.41) is 5.80. The lowest BCUT2D eigenvalue weighted by Crippen LogP contribution is -2.41. The molecule has 0 amide bonds. The normalized spacial score (nSPS) is 23.5. The van der Waals surface area contributed by atoms with Crippen LogP contribution < -0.4 is 5.43 Å². The van der Waals surface area contributed by atoms with Crippen LogP contribution in [-0.4, -0.2) is 23.7 Å². The van der Waals surface area contributed by atoms with Crippen LogP contribution in [0.4, 0.5) is 0 Å². The number of rotatable bonds is 3. The molecule has 2 heterocycles. The molecule has 1 fully saturated rings. The third-order valence-corrected chi connectivity index (χ3v) is 5.72. The predicted octanol–water partition coefficient (Wildman–Crippen LogP) is 4.52. The van der Waals surface area contributed by atoms with Gasteiger partial charge < -0.3 is 5.43 Å². The van der Waals surface area contributed by atoms with Gasteiger partial charge in [0.1, 0.15) is 0 Å². The first-order chi connectivity index (χ1) is 11.7. The fraction of sp³-hybridized carbons (Fsp3) is 0.316. The van der Waals surface area contributed by atoms with Crippen molar-refractivity contribution in [1.82, 2.24) is 10.3 Å². The molecule has 0 saturated carbocycles. The Kier molecular flexibility index (Phi) is 4.49. The minimum absolute atomic E-state index is 0.102. The average molecular weight is 360 g/mol. The maximum Gasteiger partial charge on any atom is 0.0797 e. The summed E-state index contributed by atoms with van der Waals surface area (Å²) in [5.74, 6) is 0.346. The summed E-state index contributed by atoms with van der Waals surface area (Å²) in [4.78, 5) is 2.50. The van der Waals surface area contributed by atoms with Gasteiger partial charge in [-0.05, 0) is 17.2 Å². The third kappa shape index (κ3) is 3.04. The van der Waals surface area contributed by atoms with E-state index in [9.17, 15) is 0 Å². The lowest BCUT2D eigenvalue weighted by Gasteiger charge is -2.34. The van der Waals surface area contributed by atoms with Crippen molar-refractivity contribution in [3.05, 3.63) is 69.7 Å². The molecule has 0 spiro atoms. The lowest BCUT2D eigenvalue weighted by molar-refractivity contribution is 0.220. The summed E-state index contributed by atoms with van der Waals surface area (Å²) in [6.07, 6.45) is 0.999. The van der Waals surface area contributed by atoms with Crippen LogP contribution in [-0.2, 0) is 6.54 Å². The maximum atomic E-state index is 6.43. The van der Waals surface area contributed by atoms with E-state index in [1.807, 2.05) is 18.2 Å². The molecular formula is C19H19Cl2N3. The van der Waals surface area contributed by atoms with E-state index < -0.39 is 0 Å². The van der Waals surface area contributed by atoms with Crippen molar-refractivity contribution >= 4 is 28.9 Å². The molecule has 1 N–H and O–H groups in total. The number of hydrogen-bond acceptors (Lipinski definition) is 3. The zero-order valence-electron chi connectivity index (χ0n) is 13.3. The van der Waals surface area contributed by atoms with Crippen LogP contribution in [0, 0.1) is 5.92 Å². The zero-order valence-corrected chi connectivity index (χ0v) is 14.8. The molecule has 0 bridgehead atoms. The molecule has 4 rings (SSSR count). The number of fused-ring (bicyclic) bond motifs is 1. The molecule has 124 valence electrons. The molecule has 2 aliphatic rings. The van der Waals surface area contributed by atoms with Crippen LogP contribution >= 0.6 is 23.2 Å². The summed E-state index contributed by atoms with van der Waals surface area (Å²) in [5.41, 5.74) is 6.92. The van der Waals surface area contributed by atoms with Crippen molar-refractivity contribution in [2.45, 2.75) is 19.0 Å². The van der Waals surface area contributed by atoms with Crippen molar-refractivity contribution < 1.29 is 0 Å². The molecule has 2 atom stereocenters. The van der Waals surface area contributed by atoms with E-state index in [4.69, 9.17) is 23.2 Å². The maximum absolute atomic E-state index is 6.43. The standard InChI is InChI=1S/C19H19Cl2N3/c20-16-8-4-7-14(18(16)21)19-15-12-24(10-9-17(15)22-23-19)11-13-5-2-1-3-6-13/h1-8,15,19,23H,9-12H2. The second-order valence-electron chi connectivity index (χ2n) is 6.43. The molecule has 2 aliphatic heterocycles. The second kappa shape index (κ2) is 6.75. The van der Waals surface area contributed by atoms with Gasteiger partial charge in [-0.1, -0.05) is 65.7 Å². The number of likely N-dealkylation sites (tertiary alicyclic amines) is 1. The number of hydrogen-bond donors (Lipinski definition) is 1. The molecule has 3 nitrogen and oxygen atoms in total.